The van der Waals surface area contributed by atoms with E-state index in [1.807, 2.05) is 0 Å². The molecule has 0 aromatic carbocycles. The quantitative estimate of drug-likeness (QED) is 0.0222. The van der Waals surface area contributed by atoms with Crippen molar-refractivity contribution in [3.63, 3.8) is 0 Å². The van der Waals surface area contributed by atoms with Crippen molar-refractivity contribution >= 4 is 39.5 Å². The zero-order valence-corrected chi connectivity index (χ0v) is 73.5. The lowest BCUT2D eigenvalue weighted by Gasteiger charge is -2.21. The van der Waals surface area contributed by atoms with E-state index in [0.717, 1.165) is 95.8 Å². The van der Waals surface area contributed by atoms with Gasteiger partial charge in [-0.1, -0.05) is 439 Å². The number of rotatable bonds is 90. The molecule has 0 bridgehead atoms. The number of ether oxygens (including phenoxy) is 4. The number of hydrogen-bond acceptors (Lipinski definition) is 15. The van der Waals surface area contributed by atoms with E-state index in [0.29, 0.717) is 25.7 Å². The summed E-state index contributed by atoms with van der Waals surface area (Å²) >= 11 is 0. The van der Waals surface area contributed by atoms with Gasteiger partial charge in [0, 0.05) is 25.7 Å². The lowest BCUT2D eigenvalue weighted by atomic mass is 10.0. The Bertz CT molecular complexity index is 2070. The number of phosphoric ester groups is 2. The molecule has 0 saturated carbocycles. The zero-order valence-electron chi connectivity index (χ0n) is 71.7. The van der Waals surface area contributed by atoms with Crippen molar-refractivity contribution in [2.45, 2.75) is 509 Å². The van der Waals surface area contributed by atoms with Crippen LogP contribution in [0.1, 0.15) is 490 Å². The molecule has 0 rings (SSSR count). The van der Waals surface area contributed by atoms with Crippen molar-refractivity contribution in [3.8, 4) is 0 Å². The smallest absolute Gasteiger partial charge is 0.462 e. The fraction of sp³-hybridized carbons (Fsp3) is 0.956. The topological polar surface area (TPSA) is 237 Å². The molecule has 0 aromatic heterocycles. The molecule has 19 heteroatoms. The number of aliphatic hydroxyl groups is 1. The molecule has 0 spiro atoms. The minimum atomic E-state index is -4.97. The summed E-state index contributed by atoms with van der Waals surface area (Å²) in [5, 5.41) is 10.7. The highest BCUT2D eigenvalue weighted by Gasteiger charge is 2.31. The maximum absolute atomic E-state index is 13.2. The van der Waals surface area contributed by atoms with E-state index in [1.165, 1.54) is 315 Å². The third-order valence-electron chi connectivity index (χ3n) is 21.3. The molecular weight excluding hydrogens is 1410 g/mol. The maximum Gasteiger partial charge on any atom is 0.472 e. The van der Waals surface area contributed by atoms with E-state index in [9.17, 15) is 43.2 Å². The molecule has 0 amide bonds. The third-order valence-corrected chi connectivity index (χ3v) is 23.2. The minimum Gasteiger partial charge on any atom is -0.462 e. The van der Waals surface area contributed by atoms with Gasteiger partial charge in [0.2, 0.25) is 0 Å². The Labute approximate surface area is 670 Å². The molecule has 0 saturated heterocycles. The second-order valence-corrected chi connectivity index (χ2v) is 35.7. The number of hydrogen-bond donors (Lipinski definition) is 3. The van der Waals surface area contributed by atoms with Crippen LogP contribution < -0.4 is 0 Å². The van der Waals surface area contributed by atoms with Gasteiger partial charge in [0.05, 0.1) is 26.4 Å². The molecule has 2 unspecified atom stereocenters. The first-order valence-corrected chi connectivity index (χ1v) is 49.6. The number of phosphoric acid groups is 2. The molecule has 5 atom stereocenters. The highest BCUT2D eigenvalue weighted by molar-refractivity contribution is 7.47. The van der Waals surface area contributed by atoms with Gasteiger partial charge in [0.15, 0.2) is 12.2 Å². The lowest BCUT2D eigenvalue weighted by molar-refractivity contribution is -0.161. The van der Waals surface area contributed by atoms with Crippen molar-refractivity contribution in [3.05, 3.63) is 0 Å². The van der Waals surface area contributed by atoms with Crippen LogP contribution in [0.3, 0.4) is 0 Å². The van der Waals surface area contributed by atoms with Crippen LogP contribution in [-0.2, 0) is 65.4 Å². The van der Waals surface area contributed by atoms with Crippen molar-refractivity contribution in [2.75, 3.05) is 39.6 Å². The molecule has 0 aliphatic heterocycles. The fourth-order valence-electron chi connectivity index (χ4n) is 14.2. The maximum atomic E-state index is 13.2. The normalized spacial score (nSPS) is 13.7. The van der Waals surface area contributed by atoms with Gasteiger partial charge < -0.3 is 33.8 Å². The summed E-state index contributed by atoms with van der Waals surface area (Å²) in [5.41, 5.74) is 0. The highest BCUT2D eigenvalue weighted by atomic mass is 31.2. The van der Waals surface area contributed by atoms with Gasteiger partial charge in [-0.25, -0.2) is 9.13 Å². The Morgan fingerprint density at radius 2 is 0.422 bits per heavy atom. The predicted octanol–water partition coefficient (Wildman–Crippen LogP) is 27.9. The second kappa shape index (κ2) is 82.6. The zero-order chi connectivity index (χ0) is 79.7. The predicted molar refractivity (Wildman–Crippen MR) is 451 cm³/mol. The number of aliphatic hydroxyl groups excluding tert-OH is 1. The highest BCUT2D eigenvalue weighted by Crippen LogP contribution is 2.45. The Kier molecular flexibility index (Phi) is 81.1. The van der Waals surface area contributed by atoms with E-state index in [-0.39, 0.29) is 25.7 Å². The van der Waals surface area contributed by atoms with Gasteiger partial charge in [-0.15, -0.1) is 0 Å². The number of esters is 4. The Balaban J connectivity index is 5.17. The van der Waals surface area contributed by atoms with E-state index >= 15 is 0 Å². The first kappa shape index (κ1) is 107. The van der Waals surface area contributed by atoms with Crippen LogP contribution >= 0.6 is 15.6 Å². The molecule has 0 radical (unpaired) electrons. The van der Waals surface area contributed by atoms with E-state index in [2.05, 4.69) is 34.6 Å². The van der Waals surface area contributed by atoms with Crippen LogP contribution in [0.4, 0.5) is 0 Å². The lowest BCUT2D eigenvalue weighted by Crippen LogP contribution is -2.30. The first-order chi connectivity index (χ1) is 53.0. The van der Waals surface area contributed by atoms with E-state index in [4.69, 9.17) is 37.0 Å². The summed E-state index contributed by atoms with van der Waals surface area (Å²) in [6, 6.07) is 0. The van der Waals surface area contributed by atoms with Gasteiger partial charge in [0.1, 0.15) is 19.3 Å². The molecular formula is C90H176O17P2. The molecule has 648 valence electrons. The van der Waals surface area contributed by atoms with Gasteiger partial charge in [0.25, 0.3) is 0 Å². The van der Waals surface area contributed by atoms with Crippen LogP contribution in [0, 0.1) is 5.92 Å². The summed E-state index contributed by atoms with van der Waals surface area (Å²) in [5.74, 6) is -1.28. The molecule has 0 aliphatic carbocycles. The molecule has 109 heavy (non-hydrogen) atoms. The van der Waals surface area contributed by atoms with Gasteiger partial charge >= 0.3 is 39.5 Å². The summed E-state index contributed by atoms with van der Waals surface area (Å²) in [7, 11) is -9.93. The third kappa shape index (κ3) is 83.8. The Morgan fingerprint density at radius 1 is 0.248 bits per heavy atom. The van der Waals surface area contributed by atoms with Crippen LogP contribution in [-0.4, -0.2) is 96.7 Å². The van der Waals surface area contributed by atoms with Crippen LogP contribution in [0.2, 0.25) is 0 Å². The van der Waals surface area contributed by atoms with Gasteiger partial charge in [-0.2, -0.15) is 0 Å². The Morgan fingerprint density at radius 3 is 0.624 bits per heavy atom. The van der Waals surface area contributed by atoms with Crippen LogP contribution in [0.15, 0.2) is 0 Å². The van der Waals surface area contributed by atoms with Crippen molar-refractivity contribution in [2.24, 2.45) is 5.92 Å². The van der Waals surface area contributed by atoms with Gasteiger partial charge in [-0.05, 0) is 31.6 Å². The van der Waals surface area contributed by atoms with Crippen molar-refractivity contribution in [1.29, 1.82) is 0 Å². The van der Waals surface area contributed by atoms with Crippen LogP contribution in [0.25, 0.3) is 0 Å². The molecule has 0 aliphatic rings. The second-order valence-electron chi connectivity index (χ2n) is 32.8. The van der Waals surface area contributed by atoms with Gasteiger partial charge in [-0.3, -0.25) is 37.3 Å². The molecule has 17 nitrogen and oxygen atoms in total. The summed E-state index contributed by atoms with van der Waals surface area (Å²) < 4.78 is 68.9. The average molecular weight is 1590 g/mol. The average Bonchev–Trinajstić information content (AvgIpc) is 0.899. The van der Waals surface area contributed by atoms with Crippen molar-refractivity contribution < 1.29 is 80.2 Å². The molecule has 0 heterocycles. The van der Waals surface area contributed by atoms with E-state index < -0.39 is 97.5 Å². The molecule has 0 fully saturated rings. The first-order valence-electron chi connectivity index (χ1n) is 46.6. The summed E-state index contributed by atoms with van der Waals surface area (Å²) in [6.45, 7) is 7.40. The largest absolute Gasteiger partial charge is 0.472 e. The number of carbonyl (C=O) groups is 4. The van der Waals surface area contributed by atoms with Crippen LogP contribution in [0.5, 0.6) is 0 Å². The minimum absolute atomic E-state index is 0.109. The molecule has 3 N–H and O–H groups in total. The summed E-state index contributed by atoms with van der Waals surface area (Å²) in [6.07, 6.45) is 78.1. The SMILES string of the molecule is CCCCCCCCCCCCCCCCCCCCCCCCC(=O)O[C@H](COC(=O)CCCCCCCCCCCCCCCCCCCCC(C)C)COP(=O)(O)OC[C@@H](O)COP(=O)(O)OC[C@@H](COC(=O)CCCCCCCCCC)OC(=O)CCCCCCCCCCCCCCCCCCCC. The number of carbonyl (C=O) groups excluding carboxylic acids is 4. The standard InChI is InChI=1S/C90H176O17P2/c1-6-9-12-15-18-21-23-25-27-29-31-32-33-34-40-44-48-52-56-61-66-71-76-90(95)107-86(80-101-88(93)74-69-64-59-54-50-46-42-39-36-35-37-41-45-49-53-57-62-67-72-83(4)5)82-105-109(98,99)103-78-84(91)77-102-108(96,97)104-81-85(79-100-87(92)73-68-63-58-20-17-14-11-8-3)106-89(94)75-70-65-60-55-51-47-43-38-30-28-26-24-22-19-16-13-10-7-2/h83-86,91H,6-82H2,1-5H3,(H,96,97)(H,98,99)/t84-,85+,86+/m0/s1. The van der Waals surface area contributed by atoms with Crippen molar-refractivity contribution in [1.82, 2.24) is 0 Å². The van der Waals surface area contributed by atoms with E-state index in [1.54, 1.807) is 0 Å². The Hall–Kier alpha value is -1.94. The fourth-order valence-corrected chi connectivity index (χ4v) is 15.8. The molecule has 0 aromatic rings. The monoisotopic (exact) mass is 1590 g/mol. The summed E-state index contributed by atoms with van der Waals surface area (Å²) in [4.78, 5) is 73.2. The number of unbranched alkanes of at least 4 members (excludes halogenated alkanes) is 62.